The summed E-state index contributed by atoms with van der Waals surface area (Å²) in [5.41, 5.74) is 10.1. The van der Waals surface area contributed by atoms with E-state index in [9.17, 15) is 14.0 Å². The number of unbranched alkanes of at least 4 members (excludes halogenated alkanes) is 1. The highest BCUT2D eigenvalue weighted by Crippen LogP contribution is 2.29. The molecule has 0 aliphatic heterocycles. The van der Waals surface area contributed by atoms with Gasteiger partial charge in [0.25, 0.3) is 0 Å². The van der Waals surface area contributed by atoms with E-state index in [0.717, 1.165) is 6.42 Å². The van der Waals surface area contributed by atoms with Gasteiger partial charge in [-0.05, 0) is 18.9 Å². The first-order valence-corrected chi connectivity index (χ1v) is 6.62. The molecule has 0 aliphatic carbocycles. The standard InChI is InChI=1S/C14H19FN2O4/c1-2-3-8-11(20-13(16)18)12(21-14(17)19)9-6-4-5-7-10(9)15/h4-7,11-12H,2-3,8H2,1H3,(H2,16,18)(H2,17,19)/t11-,12-/m0/s1. The Kier molecular flexibility index (Phi) is 6.45. The second kappa shape index (κ2) is 8.08. The third kappa shape index (κ3) is 5.29. The van der Waals surface area contributed by atoms with Gasteiger partial charge in [-0.25, -0.2) is 14.0 Å². The van der Waals surface area contributed by atoms with E-state index in [1.165, 1.54) is 18.2 Å². The third-order valence-electron chi connectivity index (χ3n) is 2.90. The summed E-state index contributed by atoms with van der Waals surface area (Å²) in [7, 11) is 0. The summed E-state index contributed by atoms with van der Waals surface area (Å²) in [4.78, 5) is 22.1. The van der Waals surface area contributed by atoms with Crippen LogP contribution in [0.2, 0.25) is 0 Å². The van der Waals surface area contributed by atoms with Gasteiger partial charge in [0.2, 0.25) is 0 Å². The summed E-state index contributed by atoms with van der Waals surface area (Å²) < 4.78 is 23.8. The van der Waals surface area contributed by atoms with Crippen LogP contribution in [0.25, 0.3) is 0 Å². The van der Waals surface area contributed by atoms with Crippen LogP contribution in [0.5, 0.6) is 0 Å². The van der Waals surface area contributed by atoms with Crippen LogP contribution in [-0.2, 0) is 9.47 Å². The van der Waals surface area contributed by atoms with Crippen LogP contribution in [0.15, 0.2) is 24.3 Å². The first-order chi connectivity index (χ1) is 9.95. The van der Waals surface area contributed by atoms with E-state index in [4.69, 9.17) is 20.9 Å². The molecule has 0 aromatic heterocycles. The normalized spacial score (nSPS) is 13.2. The fourth-order valence-electron chi connectivity index (χ4n) is 2.00. The first kappa shape index (κ1) is 16.7. The zero-order valence-corrected chi connectivity index (χ0v) is 11.8. The topological polar surface area (TPSA) is 105 Å². The number of rotatable bonds is 7. The quantitative estimate of drug-likeness (QED) is 0.807. The Labute approximate surface area is 122 Å². The summed E-state index contributed by atoms with van der Waals surface area (Å²) >= 11 is 0. The SMILES string of the molecule is CCCC[C@H](OC(N)=O)[C@@H](OC(N)=O)c1ccccc1F. The van der Waals surface area contributed by atoms with Crippen molar-refractivity contribution in [2.45, 2.75) is 38.4 Å². The molecule has 0 saturated heterocycles. The fourth-order valence-corrected chi connectivity index (χ4v) is 2.00. The van der Waals surface area contributed by atoms with Gasteiger partial charge in [0, 0.05) is 5.56 Å². The van der Waals surface area contributed by atoms with E-state index in [2.05, 4.69) is 0 Å². The minimum Gasteiger partial charge on any atom is -0.442 e. The lowest BCUT2D eigenvalue weighted by Gasteiger charge is -2.26. The Balaban J connectivity index is 3.09. The smallest absolute Gasteiger partial charge is 0.405 e. The van der Waals surface area contributed by atoms with Crippen molar-refractivity contribution < 1.29 is 23.5 Å². The van der Waals surface area contributed by atoms with E-state index < -0.39 is 30.2 Å². The predicted octanol–water partition coefficient (Wildman–Crippen LogP) is 2.62. The molecule has 7 heteroatoms. The van der Waals surface area contributed by atoms with Gasteiger partial charge < -0.3 is 20.9 Å². The van der Waals surface area contributed by atoms with E-state index in [1.54, 1.807) is 6.07 Å². The lowest BCUT2D eigenvalue weighted by Crippen LogP contribution is -2.33. The molecule has 4 N–H and O–H groups in total. The Bertz CT molecular complexity index is 496. The van der Waals surface area contributed by atoms with Crippen LogP contribution in [0.3, 0.4) is 0 Å². The van der Waals surface area contributed by atoms with Gasteiger partial charge in [-0.2, -0.15) is 0 Å². The van der Waals surface area contributed by atoms with Gasteiger partial charge in [0.05, 0.1) is 0 Å². The Morgan fingerprint density at radius 1 is 1.19 bits per heavy atom. The Morgan fingerprint density at radius 2 is 1.81 bits per heavy atom. The molecule has 6 nitrogen and oxygen atoms in total. The van der Waals surface area contributed by atoms with Crippen molar-refractivity contribution in [2.75, 3.05) is 0 Å². The maximum absolute atomic E-state index is 13.9. The summed E-state index contributed by atoms with van der Waals surface area (Å²) in [5.74, 6) is -0.585. The minimum atomic E-state index is -1.14. The molecule has 0 bridgehead atoms. The van der Waals surface area contributed by atoms with Gasteiger partial charge in [-0.3, -0.25) is 0 Å². The molecule has 0 spiro atoms. The van der Waals surface area contributed by atoms with E-state index >= 15 is 0 Å². The predicted molar refractivity (Wildman–Crippen MR) is 73.8 cm³/mol. The monoisotopic (exact) mass is 298 g/mol. The zero-order chi connectivity index (χ0) is 15.8. The zero-order valence-electron chi connectivity index (χ0n) is 11.8. The average Bonchev–Trinajstić information content (AvgIpc) is 2.41. The largest absolute Gasteiger partial charge is 0.442 e. The lowest BCUT2D eigenvalue weighted by molar-refractivity contribution is -0.0112. The van der Waals surface area contributed by atoms with Crippen molar-refractivity contribution in [3.63, 3.8) is 0 Å². The van der Waals surface area contributed by atoms with E-state index in [0.29, 0.717) is 12.8 Å². The van der Waals surface area contributed by atoms with Crippen LogP contribution < -0.4 is 11.5 Å². The number of benzene rings is 1. The molecule has 1 aromatic carbocycles. The molecule has 1 aromatic rings. The third-order valence-corrected chi connectivity index (χ3v) is 2.90. The van der Waals surface area contributed by atoms with E-state index in [1.807, 2.05) is 6.92 Å². The minimum absolute atomic E-state index is 0.0821. The second-order valence-electron chi connectivity index (χ2n) is 4.50. The molecule has 0 saturated carbocycles. The second-order valence-corrected chi connectivity index (χ2v) is 4.50. The number of amides is 2. The van der Waals surface area contributed by atoms with Crippen molar-refractivity contribution in [1.29, 1.82) is 0 Å². The molecule has 2 amide bonds. The van der Waals surface area contributed by atoms with Crippen LogP contribution >= 0.6 is 0 Å². The average molecular weight is 298 g/mol. The number of carbonyl (C=O) groups is 2. The molecule has 0 heterocycles. The number of ether oxygens (including phenoxy) is 2. The number of hydrogen-bond donors (Lipinski definition) is 2. The summed E-state index contributed by atoms with van der Waals surface area (Å²) in [6.07, 6.45) is -2.27. The number of carbonyl (C=O) groups excluding carboxylic acids is 2. The van der Waals surface area contributed by atoms with Gasteiger partial charge >= 0.3 is 12.2 Å². The maximum atomic E-state index is 13.9. The maximum Gasteiger partial charge on any atom is 0.405 e. The molecule has 0 aliphatic rings. The van der Waals surface area contributed by atoms with Crippen LogP contribution in [0, 0.1) is 5.82 Å². The number of halogens is 1. The van der Waals surface area contributed by atoms with Crippen molar-refractivity contribution in [3.8, 4) is 0 Å². The summed E-state index contributed by atoms with van der Waals surface area (Å²) in [5, 5.41) is 0. The Hall–Kier alpha value is -2.31. The van der Waals surface area contributed by atoms with Crippen LogP contribution in [0.1, 0.15) is 37.9 Å². The molecule has 0 fully saturated rings. The van der Waals surface area contributed by atoms with Gasteiger partial charge in [-0.15, -0.1) is 0 Å². The van der Waals surface area contributed by atoms with Gasteiger partial charge in [0.15, 0.2) is 6.10 Å². The van der Waals surface area contributed by atoms with Crippen molar-refractivity contribution in [2.24, 2.45) is 11.5 Å². The highest BCUT2D eigenvalue weighted by atomic mass is 19.1. The molecule has 1 rings (SSSR count). The molecule has 0 radical (unpaired) electrons. The van der Waals surface area contributed by atoms with Crippen LogP contribution in [0.4, 0.5) is 14.0 Å². The number of nitrogens with two attached hydrogens (primary N) is 2. The molecular weight excluding hydrogens is 279 g/mol. The fraction of sp³-hybridized carbons (Fsp3) is 0.429. The number of hydrogen-bond acceptors (Lipinski definition) is 4. The van der Waals surface area contributed by atoms with Gasteiger partial charge in [-0.1, -0.05) is 31.5 Å². The lowest BCUT2D eigenvalue weighted by atomic mass is 9.99. The van der Waals surface area contributed by atoms with Crippen molar-refractivity contribution in [3.05, 3.63) is 35.6 Å². The highest BCUT2D eigenvalue weighted by molar-refractivity contribution is 5.66. The first-order valence-electron chi connectivity index (χ1n) is 6.62. The van der Waals surface area contributed by atoms with Crippen molar-refractivity contribution >= 4 is 12.2 Å². The molecule has 0 unspecified atom stereocenters. The molecule has 116 valence electrons. The van der Waals surface area contributed by atoms with E-state index in [-0.39, 0.29) is 5.56 Å². The summed E-state index contributed by atoms with van der Waals surface area (Å²) in [6, 6.07) is 5.73. The highest BCUT2D eigenvalue weighted by Gasteiger charge is 2.31. The molecular formula is C14H19FN2O4. The molecule has 21 heavy (non-hydrogen) atoms. The van der Waals surface area contributed by atoms with Gasteiger partial charge in [0.1, 0.15) is 11.9 Å². The number of primary amides is 2. The summed E-state index contributed by atoms with van der Waals surface area (Å²) in [6.45, 7) is 1.94. The Morgan fingerprint density at radius 3 is 2.33 bits per heavy atom. The van der Waals surface area contributed by atoms with Crippen LogP contribution in [-0.4, -0.2) is 18.3 Å². The molecule has 2 atom stereocenters. The van der Waals surface area contributed by atoms with Crippen molar-refractivity contribution in [1.82, 2.24) is 0 Å².